The number of hydrogen-bond acceptors (Lipinski definition) is 4. The SMILES string of the molecule is O=C1NC(=NC2CCCC2)C2(CCN([S+](=O)([O-])c3cccc(C(F)(F)F)c3)C2)N1c1cc(F)cc(F)c1. The third-order valence-corrected chi connectivity index (χ3v) is 8.89. The lowest BCUT2D eigenvalue weighted by atomic mass is 9.95. The van der Waals surface area contributed by atoms with Gasteiger partial charge in [-0.15, -0.1) is 4.31 Å². The van der Waals surface area contributed by atoms with Crippen LogP contribution in [0.3, 0.4) is 0 Å². The number of aliphatic imine (C=N–C) groups is 1. The second-order valence-electron chi connectivity index (χ2n) is 9.45. The quantitative estimate of drug-likeness (QED) is 0.440. The number of alkyl halides is 3. The fourth-order valence-corrected chi connectivity index (χ4v) is 6.84. The van der Waals surface area contributed by atoms with Gasteiger partial charge in [-0.05, 0) is 43.5 Å². The summed E-state index contributed by atoms with van der Waals surface area (Å²) in [5.74, 6) is -1.66. The molecule has 3 aliphatic rings. The van der Waals surface area contributed by atoms with E-state index in [2.05, 4.69) is 5.32 Å². The van der Waals surface area contributed by atoms with Crippen molar-refractivity contribution in [3.8, 4) is 0 Å². The van der Waals surface area contributed by atoms with Crippen molar-refractivity contribution in [1.82, 2.24) is 9.62 Å². The number of amides is 2. The molecule has 5 rings (SSSR count). The summed E-state index contributed by atoms with van der Waals surface area (Å²) in [5.41, 5.74) is -2.64. The summed E-state index contributed by atoms with van der Waals surface area (Å²) in [6.07, 6.45) is -1.28. The third-order valence-electron chi connectivity index (χ3n) is 7.05. The molecule has 0 bridgehead atoms. The summed E-state index contributed by atoms with van der Waals surface area (Å²) >= 11 is 0. The first-order chi connectivity index (χ1) is 17.4. The van der Waals surface area contributed by atoms with Crippen LogP contribution in [0.1, 0.15) is 37.7 Å². The first-order valence-electron chi connectivity index (χ1n) is 11.7. The first-order valence-corrected chi connectivity index (χ1v) is 13.2. The molecule has 2 saturated heterocycles. The van der Waals surface area contributed by atoms with E-state index in [4.69, 9.17) is 4.99 Å². The van der Waals surface area contributed by atoms with Crippen molar-refractivity contribution in [2.45, 2.75) is 54.8 Å². The molecule has 2 amide bonds. The summed E-state index contributed by atoms with van der Waals surface area (Å²) in [6.45, 7) is -0.500. The molecule has 2 unspecified atom stereocenters. The number of carbonyl (C=O) groups is 1. The number of anilines is 1. The molecule has 2 aliphatic heterocycles. The van der Waals surface area contributed by atoms with Crippen molar-refractivity contribution in [1.29, 1.82) is 0 Å². The van der Waals surface area contributed by atoms with Crippen molar-refractivity contribution in [2.24, 2.45) is 4.99 Å². The lowest BCUT2D eigenvalue weighted by molar-refractivity contribution is -0.137. The van der Waals surface area contributed by atoms with Crippen LogP contribution in [0.5, 0.6) is 0 Å². The van der Waals surface area contributed by atoms with Crippen LogP contribution in [-0.2, 0) is 20.8 Å². The molecule has 2 atom stereocenters. The van der Waals surface area contributed by atoms with Gasteiger partial charge < -0.3 is 4.55 Å². The molecule has 13 heteroatoms. The highest BCUT2D eigenvalue weighted by Gasteiger charge is 2.59. The number of hydrogen-bond donors (Lipinski definition) is 1. The molecule has 198 valence electrons. The maximum Gasteiger partial charge on any atom is 0.416 e. The molecule has 0 aromatic heterocycles. The molecule has 37 heavy (non-hydrogen) atoms. The number of nitrogens with zero attached hydrogens (tertiary/aromatic N) is 3. The summed E-state index contributed by atoms with van der Waals surface area (Å²) < 4.78 is 95.7. The van der Waals surface area contributed by atoms with Crippen LogP contribution in [0, 0.1) is 11.6 Å². The molecule has 2 heterocycles. The van der Waals surface area contributed by atoms with Gasteiger partial charge in [-0.3, -0.25) is 15.2 Å². The van der Waals surface area contributed by atoms with E-state index >= 15 is 0 Å². The van der Waals surface area contributed by atoms with Crippen LogP contribution in [0.4, 0.5) is 32.4 Å². The van der Waals surface area contributed by atoms with Crippen molar-refractivity contribution in [2.75, 3.05) is 18.0 Å². The minimum absolute atomic E-state index is 0.0214. The lowest BCUT2D eigenvalue weighted by Gasteiger charge is -2.34. The zero-order chi connectivity index (χ0) is 26.6. The number of amidine groups is 1. The van der Waals surface area contributed by atoms with Gasteiger partial charge in [0.1, 0.15) is 23.0 Å². The molecular weight excluding hydrogens is 519 g/mol. The van der Waals surface area contributed by atoms with Gasteiger partial charge in [0, 0.05) is 18.7 Å². The van der Waals surface area contributed by atoms with E-state index in [1.165, 1.54) is 0 Å². The van der Waals surface area contributed by atoms with Crippen LogP contribution < -0.4 is 10.2 Å². The Morgan fingerprint density at radius 2 is 1.76 bits per heavy atom. The zero-order valence-electron chi connectivity index (χ0n) is 19.4. The molecule has 2 aromatic rings. The Balaban J connectivity index is 1.56. The lowest BCUT2D eigenvalue weighted by Crippen LogP contribution is -2.53. The van der Waals surface area contributed by atoms with Crippen LogP contribution in [0.2, 0.25) is 0 Å². The summed E-state index contributed by atoms with van der Waals surface area (Å²) in [6, 6.07) is 5.17. The molecule has 2 aromatic carbocycles. The smallest absolute Gasteiger partial charge is 0.416 e. The maximum absolute atomic E-state index is 14.1. The fourth-order valence-electron chi connectivity index (χ4n) is 5.30. The van der Waals surface area contributed by atoms with Gasteiger partial charge in [0.05, 0.1) is 23.8 Å². The predicted octanol–water partition coefficient (Wildman–Crippen LogP) is 4.90. The predicted molar refractivity (Wildman–Crippen MR) is 125 cm³/mol. The van der Waals surface area contributed by atoms with Gasteiger partial charge in [0.15, 0.2) is 15.3 Å². The van der Waals surface area contributed by atoms with Crippen LogP contribution >= 0.6 is 0 Å². The van der Waals surface area contributed by atoms with Crippen molar-refractivity contribution in [3.05, 3.63) is 59.7 Å². The normalized spacial score (nSPS) is 25.8. The van der Waals surface area contributed by atoms with E-state index in [9.17, 15) is 35.5 Å². The second kappa shape index (κ2) is 9.14. The fraction of sp³-hybridized carbons (Fsp3) is 0.417. The average molecular weight is 543 g/mol. The molecule has 1 spiro atoms. The van der Waals surface area contributed by atoms with Gasteiger partial charge in [0.25, 0.3) is 0 Å². The van der Waals surface area contributed by atoms with E-state index < -0.39 is 50.2 Å². The van der Waals surface area contributed by atoms with Gasteiger partial charge in [-0.25, -0.2) is 13.6 Å². The number of nitrogens with one attached hydrogen (secondary N) is 1. The van der Waals surface area contributed by atoms with E-state index in [0.29, 0.717) is 12.1 Å². The number of halogens is 5. The molecule has 0 radical (unpaired) electrons. The van der Waals surface area contributed by atoms with Gasteiger partial charge in [-0.1, -0.05) is 23.1 Å². The third kappa shape index (κ3) is 4.64. The molecular formula is C24H23F5N4O3S. The highest BCUT2D eigenvalue weighted by molar-refractivity contribution is 7.95. The number of sulfonamides is 1. The zero-order valence-corrected chi connectivity index (χ0v) is 20.2. The van der Waals surface area contributed by atoms with Gasteiger partial charge >= 0.3 is 12.2 Å². The highest BCUT2D eigenvalue weighted by atomic mass is 32.3. The number of urea groups is 1. The average Bonchev–Trinajstić information content (AvgIpc) is 3.54. The maximum atomic E-state index is 14.1. The summed E-state index contributed by atoms with van der Waals surface area (Å²) in [5, 5.41) is 2.66. The second-order valence-corrected chi connectivity index (χ2v) is 11.4. The Kier molecular flexibility index (Phi) is 6.35. The largest absolute Gasteiger partial charge is 0.593 e. The number of rotatable bonds is 4. The standard InChI is InChI=1S/C24H23F5N4O3S/c25-16-11-17(26)13-19(12-16)33-22(34)31-21(30-18-5-1-2-6-18)23(33)8-9-32(14-23)37(35,36)20-7-3-4-15(10-20)24(27,28)29/h3-4,7,10-13,18H,1-2,5-6,8-9,14H2,(H-,30,31,34,35,36). The first kappa shape index (κ1) is 25.7. The monoisotopic (exact) mass is 542 g/mol. The Morgan fingerprint density at radius 1 is 1.08 bits per heavy atom. The van der Waals surface area contributed by atoms with Crippen molar-refractivity contribution in [3.63, 3.8) is 0 Å². The Labute approximate surface area is 210 Å². The van der Waals surface area contributed by atoms with Crippen molar-refractivity contribution >= 4 is 28.0 Å². The van der Waals surface area contributed by atoms with Crippen molar-refractivity contribution < 1.29 is 35.5 Å². The van der Waals surface area contributed by atoms with Gasteiger partial charge in [-0.2, -0.15) is 13.2 Å². The topological polar surface area (TPSA) is 88.1 Å². The van der Waals surface area contributed by atoms with E-state index in [0.717, 1.165) is 65.2 Å². The summed E-state index contributed by atoms with van der Waals surface area (Å²) in [7, 11) is -4.41. The Bertz CT molecular complexity index is 1290. The molecule has 1 saturated carbocycles. The van der Waals surface area contributed by atoms with Crippen LogP contribution in [-0.4, -0.2) is 45.4 Å². The van der Waals surface area contributed by atoms with Crippen LogP contribution in [0.25, 0.3) is 0 Å². The van der Waals surface area contributed by atoms with E-state index in [1.807, 2.05) is 0 Å². The molecule has 3 fully saturated rings. The Morgan fingerprint density at radius 3 is 2.41 bits per heavy atom. The minimum Gasteiger partial charge on any atom is -0.593 e. The summed E-state index contributed by atoms with van der Waals surface area (Å²) in [4.78, 5) is 18.4. The van der Waals surface area contributed by atoms with E-state index in [1.54, 1.807) is 0 Å². The minimum atomic E-state index is -4.74. The Hall–Kier alpha value is -2.90. The number of carbonyl (C=O) groups excluding carboxylic acids is 1. The number of benzene rings is 2. The van der Waals surface area contributed by atoms with Crippen LogP contribution in [0.15, 0.2) is 52.4 Å². The molecule has 1 N–H and O–H groups in total. The molecule has 1 aliphatic carbocycles. The van der Waals surface area contributed by atoms with E-state index in [-0.39, 0.29) is 37.1 Å². The van der Waals surface area contributed by atoms with Gasteiger partial charge in [0.2, 0.25) is 0 Å². The molecule has 7 nitrogen and oxygen atoms in total. The highest BCUT2D eigenvalue weighted by Crippen LogP contribution is 2.42.